The largest absolute Gasteiger partial charge is 0.505 e. The molecule has 0 radical (unpaired) electrons. The Kier molecular flexibility index (Phi) is 5.09. The number of benzene rings is 4. The third kappa shape index (κ3) is 3.69. The van der Waals surface area contributed by atoms with Crippen molar-refractivity contribution in [1.82, 2.24) is 0 Å². The highest BCUT2D eigenvalue weighted by Gasteiger charge is 2.15. The Labute approximate surface area is 171 Å². The molecular formula is C20H13N3O6S. The van der Waals surface area contributed by atoms with Crippen molar-refractivity contribution in [2.45, 2.75) is 0 Å². The average molecular weight is 423 g/mol. The van der Waals surface area contributed by atoms with Crippen molar-refractivity contribution in [2.24, 2.45) is 10.2 Å². The van der Waals surface area contributed by atoms with Crippen LogP contribution >= 0.6 is 0 Å². The van der Waals surface area contributed by atoms with Gasteiger partial charge in [-0.1, -0.05) is 36.4 Å². The van der Waals surface area contributed by atoms with Crippen molar-refractivity contribution in [2.75, 3.05) is 0 Å². The van der Waals surface area contributed by atoms with Crippen LogP contribution in [0.5, 0.6) is 11.5 Å². The average Bonchev–Trinajstić information content (AvgIpc) is 2.73. The smallest absolute Gasteiger partial charge is 0.357 e. The van der Waals surface area contributed by atoms with E-state index in [9.17, 15) is 19.4 Å². The summed E-state index contributed by atoms with van der Waals surface area (Å²) in [4.78, 5) is 10.5. The molecule has 0 aliphatic rings. The first-order valence-electron chi connectivity index (χ1n) is 8.57. The zero-order valence-electron chi connectivity index (χ0n) is 15.1. The van der Waals surface area contributed by atoms with E-state index in [1.54, 1.807) is 24.3 Å². The number of rotatable bonds is 5. The summed E-state index contributed by atoms with van der Waals surface area (Å²) >= 11 is -2.61. The molecule has 30 heavy (non-hydrogen) atoms. The number of nitro benzene ring substituents is 1. The van der Waals surface area contributed by atoms with Crippen LogP contribution in [-0.4, -0.2) is 18.8 Å². The van der Waals surface area contributed by atoms with Crippen LogP contribution in [0.1, 0.15) is 0 Å². The van der Waals surface area contributed by atoms with Crippen molar-refractivity contribution in [3.05, 3.63) is 76.8 Å². The first-order chi connectivity index (χ1) is 14.4. The van der Waals surface area contributed by atoms with Gasteiger partial charge in [0.15, 0.2) is 11.5 Å². The lowest BCUT2D eigenvalue weighted by Crippen LogP contribution is -1.98. The predicted octanol–water partition coefficient (Wildman–Crippen LogP) is 5.54. The molecule has 0 amide bonds. The SMILES string of the molecule is O=[N+]([O-])c1ccc2c(N=Nc3ccc4ccccc4c3O)c(OS(=O)O)ccc2c1. The third-order valence-electron chi connectivity index (χ3n) is 4.45. The third-order valence-corrected chi connectivity index (χ3v) is 4.77. The molecule has 0 saturated carbocycles. The molecule has 4 aromatic rings. The maximum Gasteiger partial charge on any atom is 0.357 e. The Morgan fingerprint density at radius 1 is 0.933 bits per heavy atom. The molecule has 2 N–H and O–H groups in total. The Morgan fingerprint density at radius 3 is 2.47 bits per heavy atom. The number of hydrogen-bond acceptors (Lipinski definition) is 7. The van der Waals surface area contributed by atoms with Gasteiger partial charge < -0.3 is 9.29 Å². The van der Waals surface area contributed by atoms with Crippen molar-refractivity contribution >= 4 is 50.0 Å². The minimum atomic E-state index is -2.61. The number of nitrogens with zero attached hydrogens (tertiary/aromatic N) is 3. The second-order valence-corrected chi connectivity index (χ2v) is 6.83. The van der Waals surface area contributed by atoms with Crippen LogP contribution in [0.25, 0.3) is 21.5 Å². The minimum Gasteiger partial charge on any atom is -0.505 e. The van der Waals surface area contributed by atoms with Gasteiger partial charge in [0, 0.05) is 22.9 Å². The number of fused-ring (bicyclic) bond motifs is 2. The van der Waals surface area contributed by atoms with Gasteiger partial charge in [0.2, 0.25) is 0 Å². The van der Waals surface area contributed by atoms with E-state index in [1.807, 2.05) is 12.1 Å². The maximum atomic E-state index is 11.2. The lowest BCUT2D eigenvalue weighted by molar-refractivity contribution is -0.384. The molecule has 0 heterocycles. The number of phenols is 1. The van der Waals surface area contributed by atoms with E-state index >= 15 is 0 Å². The van der Waals surface area contributed by atoms with Gasteiger partial charge in [-0.3, -0.25) is 14.7 Å². The topological polar surface area (TPSA) is 135 Å². The van der Waals surface area contributed by atoms with Gasteiger partial charge >= 0.3 is 11.4 Å². The van der Waals surface area contributed by atoms with E-state index in [4.69, 9.17) is 8.74 Å². The Hall–Kier alpha value is -3.89. The molecule has 0 fully saturated rings. The Balaban J connectivity index is 1.86. The molecule has 0 bridgehead atoms. The quantitative estimate of drug-likeness (QED) is 0.187. The Bertz CT molecular complexity index is 1360. The maximum absolute atomic E-state index is 11.2. The summed E-state index contributed by atoms with van der Waals surface area (Å²) in [5, 5.41) is 32.1. The van der Waals surface area contributed by atoms with E-state index in [2.05, 4.69) is 10.2 Å². The first kappa shape index (κ1) is 19.4. The van der Waals surface area contributed by atoms with Gasteiger partial charge in [0.1, 0.15) is 11.4 Å². The van der Waals surface area contributed by atoms with Crippen molar-refractivity contribution in [3.8, 4) is 11.5 Å². The monoisotopic (exact) mass is 423 g/mol. The lowest BCUT2D eigenvalue weighted by atomic mass is 10.1. The lowest BCUT2D eigenvalue weighted by Gasteiger charge is -2.08. The van der Waals surface area contributed by atoms with Crippen LogP contribution in [0.4, 0.5) is 17.1 Å². The highest BCUT2D eigenvalue weighted by Crippen LogP contribution is 2.40. The zero-order valence-corrected chi connectivity index (χ0v) is 15.9. The number of non-ortho nitro benzene ring substituents is 1. The molecule has 9 nitrogen and oxygen atoms in total. The molecule has 1 unspecified atom stereocenters. The number of nitro groups is 1. The molecule has 0 spiro atoms. The van der Waals surface area contributed by atoms with Gasteiger partial charge in [-0.05, 0) is 29.0 Å². The van der Waals surface area contributed by atoms with Crippen LogP contribution in [0.15, 0.2) is 77.0 Å². The molecule has 0 aromatic heterocycles. The molecule has 0 aliphatic carbocycles. The second-order valence-electron chi connectivity index (χ2n) is 6.23. The van der Waals surface area contributed by atoms with Crippen LogP contribution in [0.2, 0.25) is 0 Å². The fourth-order valence-corrected chi connectivity index (χ4v) is 3.36. The minimum absolute atomic E-state index is 0.0405. The summed E-state index contributed by atoms with van der Waals surface area (Å²) in [6.07, 6.45) is 0. The first-order valence-corrected chi connectivity index (χ1v) is 9.60. The van der Waals surface area contributed by atoms with Gasteiger partial charge in [-0.15, -0.1) is 10.2 Å². The summed E-state index contributed by atoms with van der Waals surface area (Å²) in [6, 6.07) is 17.5. The second kappa shape index (κ2) is 7.85. The van der Waals surface area contributed by atoms with Crippen molar-refractivity contribution in [1.29, 1.82) is 0 Å². The summed E-state index contributed by atoms with van der Waals surface area (Å²) < 4.78 is 25.2. The number of aromatic hydroxyl groups is 1. The molecule has 10 heteroatoms. The van der Waals surface area contributed by atoms with Crippen molar-refractivity contribution < 1.29 is 23.0 Å². The van der Waals surface area contributed by atoms with Crippen LogP contribution in [0.3, 0.4) is 0 Å². The van der Waals surface area contributed by atoms with Gasteiger partial charge in [-0.25, -0.2) is 0 Å². The molecule has 0 saturated heterocycles. The van der Waals surface area contributed by atoms with E-state index < -0.39 is 16.3 Å². The van der Waals surface area contributed by atoms with E-state index in [0.29, 0.717) is 16.2 Å². The summed E-state index contributed by atoms with van der Waals surface area (Å²) in [5.74, 6) is -0.109. The number of phenolic OH excluding ortho intramolecular Hbond substituents is 1. The van der Waals surface area contributed by atoms with Crippen LogP contribution in [-0.2, 0) is 11.4 Å². The highest BCUT2D eigenvalue weighted by molar-refractivity contribution is 7.74. The van der Waals surface area contributed by atoms with Gasteiger partial charge in [-0.2, -0.15) is 4.21 Å². The van der Waals surface area contributed by atoms with E-state index in [1.165, 1.54) is 30.3 Å². The number of hydrogen-bond donors (Lipinski definition) is 2. The fourth-order valence-electron chi connectivity index (χ4n) is 3.07. The van der Waals surface area contributed by atoms with Gasteiger partial charge in [0.05, 0.1) is 4.92 Å². The fraction of sp³-hybridized carbons (Fsp3) is 0. The standard InChI is InChI=1S/C20H13N3O6S/c24-20-16-4-2-1-3-12(16)5-9-17(20)21-22-19-15-8-7-14(23(25)26)11-13(15)6-10-18(19)29-30(27)28/h1-11,24H,(H,27,28). The normalized spacial score (nSPS) is 12.4. The molecule has 150 valence electrons. The molecule has 4 aromatic carbocycles. The van der Waals surface area contributed by atoms with Crippen LogP contribution in [0, 0.1) is 10.1 Å². The summed E-state index contributed by atoms with van der Waals surface area (Å²) in [7, 11) is 0. The Morgan fingerprint density at radius 2 is 1.70 bits per heavy atom. The molecular weight excluding hydrogens is 410 g/mol. The predicted molar refractivity (Wildman–Crippen MR) is 112 cm³/mol. The summed E-state index contributed by atoms with van der Waals surface area (Å²) in [5.41, 5.74) is 0.165. The highest BCUT2D eigenvalue weighted by atomic mass is 32.2. The number of azo groups is 1. The van der Waals surface area contributed by atoms with Crippen LogP contribution < -0.4 is 4.18 Å². The van der Waals surface area contributed by atoms with E-state index in [0.717, 1.165) is 5.39 Å². The van der Waals surface area contributed by atoms with Crippen molar-refractivity contribution in [3.63, 3.8) is 0 Å². The zero-order chi connectivity index (χ0) is 21.3. The molecule has 0 aliphatic heterocycles. The molecule has 1 atom stereocenters. The van der Waals surface area contributed by atoms with Gasteiger partial charge in [0.25, 0.3) is 5.69 Å². The summed E-state index contributed by atoms with van der Waals surface area (Å²) in [6.45, 7) is 0. The van der Waals surface area contributed by atoms with E-state index in [-0.39, 0.29) is 28.6 Å². The molecule has 4 rings (SSSR count).